The highest BCUT2D eigenvalue weighted by molar-refractivity contribution is 6.37. The SMILES string of the molecule is CC(C)(O)Cn1ccc2c(NC(=O)c3ccc(Cl)cc3Cl)cccc2c1=O. The molecule has 3 aromatic rings. The lowest BCUT2D eigenvalue weighted by molar-refractivity contribution is 0.0606. The van der Waals surface area contributed by atoms with Gasteiger partial charge in [-0.2, -0.15) is 0 Å². The molecule has 27 heavy (non-hydrogen) atoms. The highest BCUT2D eigenvalue weighted by Gasteiger charge is 2.17. The first-order chi connectivity index (χ1) is 12.7. The van der Waals surface area contributed by atoms with E-state index in [4.69, 9.17) is 23.2 Å². The minimum atomic E-state index is -1.02. The minimum Gasteiger partial charge on any atom is -0.389 e. The molecular formula is C20H18Cl2N2O3. The number of carbonyl (C=O) groups is 1. The van der Waals surface area contributed by atoms with Crippen LogP contribution in [0.1, 0.15) is 24.2 Å². The van der Waals surface area contributed by atoms with Gasteiger partial charge in [-0.25, -0.2) is 0 Å². The zero-order chi connectivity index (χ0) is 19.8. The van der Waals surface area contributed by atoms with Crippen LogP contribution < -0.4 is 10.9 Å². The molecule has 0 saturated heterocycles. The van der Waals surface area contributed by atoms with Gasteiger partial charge in [0.1, 0.15) is 0 Å². The number of nitrogens with zero attached hydrogens (tertiary/aromatic N) is 1. The third-order valence-corrected chi connectivity index (χ3v) is 4.55. The lowest BCUT2D eigenvalue weighted by Crippen LogP contribution is -2.32. The molecule has 5 nitrogen and oxygen atoms in total. The molecule has 3 rings (SSSR count). The molecule has 0 aliphatic rings. The zero-order valence-electron chi connectivity index (χ0n) is 14.8. The van der Waals surface area contributed by atoms with Gasteiger partial charge in [-0.15, -0.1) is 0 Å². The van der Waals surface area contributed by atoms with Crippen molar-refractivity contribution in [2.24, 2.45) is 0 Å². The van der Waals surface area contributed by atoms with Crippen molar-refractivity contribution in [2.45, 2.75) is 26.0 Å². The van der Waals surface area contributed by atoms with E-state index in [1.807, 2.05) is 0 Å². The molecule has 1 amide bonds. The van der Waals surface area contributed by atoms with Crippen molar-refractivity contribution in [3.05, 3.63) is 74.6 Å². The molecule has 0 saturated carbocycles. The van der Waals surface area contributed by atoms with E-state index in [1.165, 1.54) is 10.6 Å². The van der Waals surface area contributed by atoms with Crippen LogP contribution in [0.4, 0.5) is 5.69 Å². The van der Waals surface area contributed by atoms with E-state index < -0.39 is 11.5 Å². The van der Waals surface area contributed by atoms with Crippen LogP contribution in [0.15, 0.2) is 53.5 Å². The van der Waals surface area contributed by atoms with E-state index in [0.29, 0.717) is 21.5 Å². The Hall–Kier alpha value is -2.34. The molecule has 7 heteroatoms. The summed E-state index contributed by atoms with van der Waals surface area (Å²) in [6.45, 7) is 3.44. The van der Waals surface area contributed by atoms with Crippen LogP contribution in [0.2, 0.25) is 10.0 Å². The molecule has 1 heterocycles. The second kappa shape index (κ2) is 7.35. The molecule has 2 aromatic carbocycles. The Labute approximate surface area is 166 Å². The van der Waals surface area contributed by atoms with Crippen molar-refractivity contribution in [1.29, 1.82) is 0 Å². The van der Waals surface area contributed by atoms with Crippen LogP contribution in [0, 0.1) is 0 Å². The highest BCUT2D eigenvalue weighted by atomic mass is 35.5. The predicted molar refractivity (Wildman–Crippen MR) is 109 cm³/mol. The fraction of sp³-hybridized carbons (Fsp3) is 0.200. The molecule has 140 valence electrons. The van der Waals surface area contributed by atoms with Crippen LogP contribution in [0.25, 0.3) is 10.8 Å². The Morgan fingerprint density at radius 1 is 1.15 bits per heavy atom. The number of pyridine rings is 1. The van der Waals surface area contributed by atoms with Crippen molar-refractivity contribution in [2.75, 3.05) is 5.32 Å². The number of amides is 1. The summed E-state index contributed by atoms with van der Waals surface area (Å²) < 4.78 is 1.45. The van der Waals surface area contributed by atoms with Gasteiger partial charge in [0.15, 0.2) is 0 Å². The first kappa shape index (κ1) is 19.4. The van der Waals surface area contributed by atoms with Crippen molar-refractivity contribution in [3.63, 3.8) is 0 Å². The maximum atomic E-state index is 12.7. The van der Waals surface area contributed by atoms with Crippen LogP contribution in [-0.2, 0) is 6.54 Å². The maximum Gasteiger partial charge on any atom is 0.258 e. The van der Waals surface area contributed by atoms with Gasteiger partial charge in [-0.05, 0) is 50.2 Å². The number of hydrogen-bond donors (Lipinski definition) is 2. The van der Waals surface area contributed by atoms with Gasteiger partial charge in [0.25, 0.3) is 11.5 Å². The molecule has 0 bridgehead atoms. The fourth-order valence-electron chi connectivity index (χ4n) is 2.83. The number of benzene rings is 2. The van der Waals surface area contributed by atoms with Crippen LogP contribution >= 0.6 is 23.2 Å². The standard InChI is InChI=1S/C20H18Cl2N2O3/c1-20(2,27)11-24-9-8-13-14(19(24)26)4-3-5-17(13)23-18(25)15-7-6-12(21)10-16(15)22/h3-10,27H,11H2,1-2H3,(H,23,25). The largest absolute Gasteiger partial charge is 0.389 e. The summed E-state index contributed by atoms with van der Waals surface area (Å²) >= 11 is 12.0. The Bertz CT molecular complexity index is 1080. The maximum absolute atomic E-state index is 12.7. The van der Waals surface area contributed by atoms with Crippen LogP contribution in [0.3, 0.4) is 0 Å². The quantitative estimate of drug-likeness (QED) is 0.679. The van der Waals surface area contributed by atoms with E-state index in [0.717, 1.165) is 0 Å². The first-order valence-corrected chi connectivity index (χ1v) is 9.02. The number of fused-ring (bicyclic) bond motifs is 1. The average Bonchev–Trinajstić information content (AvgIpc) is 2.56. The topological polar surface area (TPSA) is 71.3 Å². The number of carbonyl (C=O) groups excluding carboxylic acids is 1. The van der Waals surface area contributed by atoms with Gasteiger partial charge >= 0.3 is 0 Å². The number of nitrogens with one attached hydrogen (secondary N) is 1. The second-order valence-corrected chi connectivity index (χ2v) is 7.75. The fourth-order valence-corrected chi connectivity index (χ4v) is 3.33. The summed E-state index contributed by atoms with van der Waals surface area (Å²) in [7, 11) is 0. The molecule has 0 spiro atoms. The molecule has 1 aromatic heterocycles. The van der Waals surface area contributed by atoms with Crippen molar-refractivity contribution < 1.29 is 9.90 Å². The van der Waals surface area contributed by atoms with E-state index in [-0.39, 0.29) is 22.7 Å². The number of anilines is 1. The van der Waals surface area contributed by atoms with Crippen LogP contribution in [0.5, 0.6) is 0 Å². The highest BCUT2D eigenvalue weighted by Crippen LogP contribution is 2.25. The molecule has 0 radical (unpaired) electrons. The summed E-state index contributed by atoms with van der Waals surface area (Å²) in [5.74, 6) is -0.398. The first-order valence-electron chi connectivity index (χ1n) is 8.27. The van der Waals surface area contributed by atoms with E-state index >= 15 is 0 Å². The number of hydrogen-bond acceptors (Lipinski definition) is 3. The summed E-state index contributed by atoms with van der Waals surface area (Å²) in [5.41, 5.74) is -0.478. The number of rotatable bonds is 4. The normalized spacial score (nSPS) is 11.6. The molecule has 2 N–H and O–H groups in total. The number of aliphatic hydroxyl groups is 1. The van der Waals surface area contributed by atoms with Gasteiger partial charge in [0.2, 0.25) is 0 Å². The Balaban J connectivity index is 1.99. The summed E-state index contributed by atoms with van der Waals surface area (Å²) in [4.78, 5) is 25.3. The molecule has 0 atom stereocenters. The van der Waals surface area contributed by atoms with Crippen molar-refractivity contribution in [1.82, 2.24) is 4.57 Å². The Kier molecular flexibility index (Phi) is 5.29. The van der Waals surface area contributed by atoms with Gasteiger partial charge in [0.05, 0.1) is 22.7 Å². The smallest absolute Gasteiger partial charge is 0.258 e. The summed E-state index contributed by atoms with van der Waals surface area (Å²) in [6, 6.07) is 11.4. The van der Waals surface area contributed by atoms with Crippen LogP contribution in [-0.4, -0.2) is 21.2 Å². The predicted octanol–water partition coefficient (Wildman–Crippen LogP) is 4.33. The lowest BCUT2D eigenvalue weighted by Gasteiger charge is -2.19. The van der Waals surface area contributed by atoms with Gasteiger partial charge < -0.3 is 15.0 Å². The Morgan fingerprint density at radius 3 is 2.56 bits per heavy atom. The molecule has 0 aliphatic heterocycles. The number of aromatic nitrogens is 1. The molecular weight excluding hydrogens is 387 g/mol. The molecule has 0 unspecified atom stereocenters. The second-order valence-electron chi connectivity index (χ2n) is 6.91. The van der Waals surface area contributed by atoms with Gasteiger partial charge in [-0.3, -0.25) is 9.59 Å². The molecule has 0 aliphatic carbocycles. The van der Waals surface area contributed by atoms with Gasteiger partial charge in [0, 0.05) is 27.7 Å². The zero-order valence-corrected chi connectivity index (χ0v) is 16.3. The van der Waals surface area contributed by atoms with Gasteiger partial charge in [-0.1, -0.05) is 29.3 Å². The average molecular weight is 405 g/mol. The monoisotopic (exact) mass is 404 g/mol. The summed E-state index contributed by atoms with van der Waals surface area (Å²) in [5, 5.41) is 14.5. The third-order valence-electron chi connectivity index (χ3n) is 4.00. The van der Waals surface area contributed by atoms with E-state index in [2.05, 4.69) is 5.32 Å². The minimum absolute atomic E-state index is 0.165. The van der Waals surface area contributed by atoms with E-state index in [1.54, 1.807) is 56.4 Å². The number of halogens is 2. The van der Waals surface area contributed by atoms with Crippen molar-refractivity contribution >= 4 is 45.6 Å². The lowest BCUT2D eigenvalue weighted by atomic mass is 10.1. The van der Waals surface area contributed by atoms with Crippen molar-refractivity contribution in [3.8, 4) is 0 Å². The summed E-state index contributed by atoms with van der Waals surface area (Å²) in [6.07, 6.45) is 1.60. The third kappa shape index (κ3) is 4.33. The van der Waals surface area contributed by atoms with E-state index in [9.17, 15) is 14.7 Å². The molecule has 0 fully saturated rings. The Morgan fingerprint density at radius 2 is 1.89 bits per heavy atom.